The summed E-state index contributed by atoms with van der Waals surface area (Å²) in [6.45, 7) is 5.66. The van der Waals surface area contributed by atoms with E-state index in [1.807, 2.05) is 13.8 Å². The average molecular weight is 225 g/mol. The minimum absolute atomic E-state index is 0.0764. The molecular weight excluding hydrogens is 209 g/mol. The van der Waals surface area contributed by atoms with Gasteiger partial charge in [-0.05, 0) is 31.0 Å². The first kappa shape index (κ1) is 12.5. The molecule has 0 bridgehead atoms. The molecule has 0 heterocycles. The average Bonchev–Trinajstić information content (AvgIpc) is 2.21. The van der Waals surface area contributed by atoms with E-state index in [-0.39, 0.29) is 23.3 Å². The molecule has 0 aliphatic rings. The molecule has 3 nitrogen and oxygen atoms in total. The van der Waals surface area contributed by atoms with Crippen LogP contribution in [0.1, 0.15) is 31.1 Å². The topological polar surface area (TPSA) is 52.3 Å². The van der Waals surface area contributed by atoms with Gasteiger partial charge in [0.2, 0.25) is 0 Å². The number of benzene rings is 1. The molecule has 88 valence electrons. The van der Waals surface area contributed by atoms with E-state index in [4.69, 9.17) is 10.5 Å². The summed E-state index contributed by atoms with van der Waals surface area (Å²) in [5.41, 5.74) is 5.88. The highest BCUT2D eigenvalue weighted by Crippen LogP contribution is 2.16. The Morgan fingerprint density at radius 3 is 2.56 bits per heavy atom. The first-order valence-electron chi connectivity index (χ1n) is 5.18. The number of ether oxygens (including phenoxy) is 1. The van der Waals surface area contributed by atoms with Crippen LogP contribution in [0.15, 0.2) is 18.2 Å². The number of nitrogen functional groups attached to an aromatic ring is 1. The largest absolute Gasteiger partial charge is 0.459 e. The van der Waals surface area contributed by atoms with E-state index >= 15 is 0 Å². The lowest BCUT2D eigenvalue weighted by atomic mass is 10.1. The molecule has 4 heteroatoms. The van der Waals surface area contributed by atoms with E-state index in [9.17, 15) is 9.18 Å². The lowest BCUT2D eigenvalue weighted by molar-refractivity contribution is 0.0239. The van der Waals surface area contributed by atoms with Crippen molar-refractivity contribution in [2.24, 2.45) is 5.92 Å². The number of hydrogen-bond donors (Lipinski definition) is 1. The van der Waals surface area contributed by atoms with Gasteiger partial charge in [-0.25, -0.2) is 9.18 Å². The van der Waals surface area contributed by atoms with Crippen molar-refractivity contribution in [3.05, 3.63) is 29.6 Å². The van der Waals surface area contributed by atoms with Crippen LogP contribution in [0.25, 0.3) is 0 Å². The Balaban J connectivity index is 2.84. The molecule has 1 aromatic rings. The summed E-state index contributed by atoms with van der Waals surface area (Å²) in [6.07, 6.45) is -0.227. The van der Waals surface area contributed by atoms with Crippen LogP contribution in [-0.2, 0) is 4.74 Å². The SMILES string of the molecule is CC(C)C(C)OC(=O)c1cc(F)ccc1N. The Morgan fingerprint density at radius 1 is 1.38 bits per heavy atom. The molecule has 2 N–H and O–H groups in total. The third-order valence-corrected chi connectivity index (χ3v) is 2.47. The molecule has 1 rings (SSSR count). The van der Waals surface area contributed by atoms with Crippen LogP contribution in [0.5, 0.6) is 0 Å². The fraction of sp³-hybridized carbons (Fsp3) is 0.417. The van der Waals surface area contributed by atoms with Crippen LogP contribution in [0.4, 0.5) is 10.1 Å². The lowest BCUT2D eigenvalue weighted by Crippen LogP contribution is -2.21. The second-order valence-corrected chi connectivity index (χ2v) is 4.09. The number of esters is 1. The molecule has 1 unspecified atom stereocenters. The van der Waals surface area contributed by atoms with Crippen LogP contribution in [0.3, 0.4) is 0 Å². The summed E-state index contributed by atoms with van der Waals surface area (Å²) in [5, 5.41) is 0. The quantitative estimate of drug-likeness (QED) is 0.635. The maximum absolute atomic E-state index is 12.9. The smallest absolute Gasteiger partial charge is 0.340 e. The van der Waals surface area contributed by atoms with Gasteiger partial charge in [0, 0.05) is 5.69 Å². The van der Waals surface area contributed by atoms with Crippen molar-refractivity contribution in [2.45, 2.75) is 26.9 Å². The molecular formula is C12H16FNO2. The fourth-order valence-electron chi connectivity index (χ4n) is 1.07. The van der Waals surface area contributed by atoms with Gasteiger partial charge in [-0.1, -0.05) is 13.8 Å². The number of hydrogen-bond acceptors (Lipinski definition) is 3. The van der Waals surface area contributed by atoms with E-state index in [0.29, 0.717) is 0 Å². The highest BCUT2D eigenvalue weighted by molar-refractivity contribution is 5.95. The summed E-state index contributed by atoms with van der Waals surface area (Å²) in [5.74, 6) is -0.879. The van der Waals surface area contributed by atoms with Crippen molar-refractivity contribution in [1.29, 1.82) is 0 Å². The van der Waals surface area contributed by atoms with Gasteiger partial charge in [-0.15, -0.1) is 0 Å². The van der Waals surface area contributed by atoms with E-state index < -0.39 is 11.8 Å². The molecule has 0 aliphatic carbocycles. The highest BCUT2D eigenvalue weighted by Gasteiger charge is 2.17. The number of rotatable bonds is 3. The van der Waals surface area contributed by atoms with E-state index in [2.05, 4.69) is 0 Å². The maximum Gasteiger partial charge on any atom is 0.340 e. The predicted molar refractivity (Wildman–Crippen MR) is 60.5 cm³/mol. The molecule has 1 atom stereocenters. The van der Waals surface area contributed by atoms with Crippen molar-refractivity contribution >= 4 is 11.7 Å². The zero-order valence-corrected chi connectivity index (χ0v) is 9.66. The van der Waals surface area contributed by atoms with Crippen LogP contribution in [0, 0.1) is 11.7 Å². The third-order valence-electron chi connectivity index (χ3n) is 2.47. The van der Waals surface area contributed by atoms with Crippen molar-refractivity contribution < 1.29 is 13.9 Å². The van der Waals surface area contributed by atoms with Gasteiger partial charge in [0.1, 0.15) is 11.9 Å². The highest BCUT2D eigenvalue weighted by atomic mass is 19.1. The normalized spacial score (nSPS) is 12.6. The molecule has 0 fully saturated rings. The number of carbonyl (C=O) groups excluding carboxylic acids is 1. The van der Waals surface area contributed by atoms with E-state index in [1.54, 1.807) is 6.92 Å². The number of nitrogens with two attached hydrogens (primary N) is 1. The summed E-state index contributed by atoms with van der Waals surface area (Å²) in [7, 11) is 0. The number of halogens is 1. The summed E-state index contributed by atoms with van der Waals surface area (Å²) in [4.78, 5) is 11.7. The van der Waals surface area contributed by atoms with Gasteiger partial charge in [0.05, 0.1) is 5.56 Å². The second kappa shape index (κ2) is 4.96. The zero-order chi connectivity index (χ0) is 12.3. The fourth-order valence-corrected chi connectivity index (χ4v) is 1.07. The Hall–Kier alpha value is -1.58. The molecule has 1 aromatic carbocycles. The lowest BCUT2D eigenvalue weighted by Gasteiger charge is -2.17. The minimum atomic E-state index is -0.585. The Labute approximate surface area is 94.4 Å². The Morgan fingerprint density at radius 2 is 2.00 bits per heavy atom. The van der Waals surface area contributed by atoms with Crippen LogP contribution in [0.2, 0.25) is 0 Å². The van der Waals surface area contributed by atoms with Crippen LogP contribution < -0.4 is 5.73 Å². The van der Waals surface area contributed by atoms with Gasteiger partial charge in [-0.3, -0.25) is 0 Å². The molecule has 0 aromatic heterocycles. The van der Waals surface area contributed by atoms with Crippen LogP contribution in [-0.4, -0.2) is 12.1 Å². The molecule has 16 heavy (non-hydrogen) atoms. The Kier molecular flexibility index (Phi) is 3.88. The summed E-state index contributed by atoms with van der Waals surface area (Å²) in [6, 6.07) is 3.65. The van der Waals surface area contributed by atoms with Gasteiger partial charge < -0.3 is 10.5 Å². The van der Waals surface area contributed by atoms with Crippen molar-refractivity contribution in [2.75, 3.05) is 5.73 Å². The first-order valence-corrected chi connectivity index (χ1v) is 5.18. The molecule has 0 spiro atoms. The van der Waals surface area contributed by atoms with Crippen molar-refractivity contribution in [3.8, 4) is 0 Å². The van der Waals surface area contributed by atoms with Crippen molar-refractivity contribution in [1.82, 2.24) is 0 Å². The van der Waals surface area contributed by atoms with E-state index in [1.165, 1.54) is 12.1 Å². The first-order chi connectivity index (χ1) is 7.41. The molecule has 0 saturated carbocycles. The molecule has 0 saturated heterocycles. The van der Waals surface area contributed by atoms with E-state index in [0.717, 1.165) is 6.07 Å². The third kappa shape index (κ3) is 2.95. The van der Waals surface area contributed by atoms with Gasteiger partial charge in [0.15, 0.2) is 0 Å². The zero-order valence-electron chi connectivity index (χ0n) is 9.66. The summed E-state index contributed by atoms with van der Waals surface area (Å²) >= 11 is 0. The van der Waals surface area contributed by atoms with Crippen LogP contribution >= 0.6 is 0 Å². The second-order valence-electron chi connectivity index (χ2n) is 4.09. The minimum Gasteiger partial charge on any atom is -0.459 e. The molecule has 0 aliphatic heterocycles. The molecule has 0 amide bonds. The van der Waals surface area contributed by atoms with Gasteiger partial charge >= 0.3 is 5.97 Å². The summed E-state index contributed by atoms with van der Waals surface area (Å²) < 4.78 is 18.1. The number of carbonyl (C=O) groups is 1. The van der Waals surface area contributed by atoms with Crippen molar-refractivity contribution in [3.63, 3.8) is 0 Å². The number of anilines is 1. The standard InChI is InChI=1S/C12H16FNO2/c1-7(2)8(3)16-12(15)10-6-9(13)4-5-11(10)14/h4-8H,14H2,1-3H3. The van der Waals surface area contributed by atoms with Gasteiger partial charge in [-0.2, -0.15) is 0 Å². The maximum atomic E-state index is 12.9. The Bertz CT molecular complexity index is 391. The van der Waals surface area contributed by atoms with Gasteiger partial charge in [0.25, 0.3) is 0 Å². The molecule has 0 radical (unpaired) electrons. The predicted octanol–water partition coefficient (Wildman–Crippen LogP) is 2.61. The monoisotopic (exact) mass is 225 g/mol.